The van der Waals surface area contributed by atoms with Crippen molar-refractivity contribution < 1.29 is 40.7 Å². The number of nitrogens with zero attached hydrogens (tertiary/aromatic N) is 1. The number of sulfonamides is 1. The van der Waals surface area contributed by atoms with Gasteiger partial charge in [-0.05, 0) is 68.3 Å². The number of halogens is 3. The van der Waals surface area contributed by atoms with Crippen LogP contribution < -0.4 is 14.4 Å². The van der Waals surface area contributed by atoms with E-state index in [0.29, 0.717) is 17.7 Å². The summed E-state index contributed by atoms with van der Waals surface area (Å²) in [6.45, 7) is 3.10. The molecule has 8 nitrogen and oxygen atoms in total. The summed E-state index contributed by atoms with van der Waals surface area (Å²) >= 11 is 0. The molecule has 178 valence electrons. The normalized spacial score (nSPS) is 16.7. The summed E-state index contributed by atoms with van der Waals surface area (Å²) in [6.07, 6.45) is -4.50. The van der Waals surface area contributed by atoms with Crippen LogP contribution in [0.1, 0.15) is 29.8 Å². The zero-order valence-electron chi connectivity index (χ0n) is 17.8. The van der Waals surface area contributed by atoms with Gasteiger partial charge in [-0.25, -0.2) is 13.2 Å². The molecule has 3 rings (SSSR count). The minimum absolute atomic E-state index is 0.157. The van der Waals surface area contributed by atoms with Gasteiger partial charge in [0, 0.05) is 11.7 Å². The van der Waals surface area contributed by atoms with Gasteiger partial charge in [0.25, 0.3) is 5.91 Å². The Morgan fingerprint density at radius 3 is 2.36 bits per heavy atom. The number of nitrogens with one attached hydrogen (secondary N) is 1. The van der Waals surface area contributed by atoms with Crippen LogP contribution in [0.15, 0.2) is 42.5 Å². The molecule has 12 heteroatoms. The molecule has 0 saturated heterocycles. The number of ether oxygens (including phenoxy) is 2. The summed E-state index contributed by atoms with van der Waals surface area (Å²) in [5, 5.41) is 2.43. The number of fused-ring (bicyclic) bond motifs is 1. The van der Waals surface area contributed by atoms with E-state index >= 15 is 0 Å². The Bertz CT molecular complexity index is 1170. The Morgan fingerprint density at radius 1 is 1.15 bits per heavy atom. The first kappa shape index (κ1) is 24.4. The largest absolute Gasteiger partial charge is 0.573 e. The third kappa shape index (κ3) is 5.95. The molecule has 1 aliphatic heterocycles. The maximum absolute atomic E-state index is 12.5. The van der Waals surface area contributed by atoms with E-state index in [-0.39, 0.29) is 17.3 Å². The second-order valence-corrected chi connectivity index (χ2v) is 9.42. The van der Waals surface area contributed by atoms with Crippen LogP contribution in [0, 0.1) is 0 Å². The van der Waals surface area contributed by atoms with Crippen molar-refractivity contribution >= 4 is 33.3 Å². The van der Waals surface area contributed by atoms with Crippen LogP contribution in [-0.4, -0.2) is 45.1 Å². The van der Waals surface area contributed by atoms with Crippen molar-refractivity contribution in [3.05, 3.63) is 53.6 Å². The SMILES string of the molecule is CC(OC(=O)c1ccc2c(c1)CC(C)N2S(C)(=O)=O)C(=O)Nc1ccc(OC(F)(F)F)cc1. The topological polar surface area (TPSA) is 102 Å². The number of hydrogen-bond donors (Lipinski definition) is 1. The molecule has 33 heavy (non-hydrogen) atoms. The van der Waals surface area contributed by atoms with E-state index in [1.165, 1.54) is 41.6 Å². The summed E-state index contributed by atoms with van der Waals surface area (Å²) in [6, 6.07) is 8.66. The van der Waals surface area contributed by atoms with Crippen LogP contribution in [0.25, 0.3) is 0 Å². The van der Waals surface area contributed by atoms with Crippen molar-refractivity contribution in [2.24, 2.45) is 0 Å². The Morgan fingerprint density at radius 2 is 1.79 bits per heavy atom. The minimum Gasteiger partial charge on any atom is -0.449 e. The van der Waals surface area contributed by atoms with Gasteiger partial charge in [0.05, 0.1) is 17.5 Å². The van der Waals surface area contributed by atoms with Crippen LogP contribution >= 0.6 is 0 Å². The summed E-state index contributed by atoms with van der Waals surface area (Å²) in [4.78, 5) is 24.8. The van der Waals surface area contributed by atoms with Crippen LogP contribution in [-0.2, 0) is 26.0 Å². The van der Waals surface area contributed by atoms with E-state index in [0.717, 1.165) is 18.4 Å². The van der Waals surface area contributed by atoms with E-state index in [2.05, 4.69) is 10.1 Å². The van der Waals surface area contributed by atoms with Crippen LogP contribution in [0.4, 0.5) is 24.5 Å². The van der Waals surface area contributed by atoms with Crippen molar-refractivity contribution in [2.45, 2.75) is 38.8 Å². The van der Waals surface area contributed by atoms with Gasteiger partial charge in [-0.2, -0.15) is 0 Å². The Balaban J connectivity index is 1.63. The second-order valence-electron chi connectivity index (χ2n) is 7.56. The zero-order valence-corrected chi connectivity index (χ0v) is 18.7. The Labute approximate surface area is 188 Å². The van der Waals surface area contributed by atoms with Gasteiger partial charge in [0.2, 0.25) is 10.0 Å². The zero-order chi connectivity index (χ0) is 24.6. The van der Waals surface area contributed by atoms with E-state index in [9.17, 15) is 31.2 Å². The third-order valence-corrected chi connectivity index (χ3v) is 6.11. The summed E-state index contributed by atoms with van der Waals surface area (Å²) in [5.41, 5.74) is 1.50. The van der Waals surface area contributed by atoms with E-state index in [4.69, 9.17) is 4.74 Å². The summed E-state index contributed by atoms with van der Waals surface area (Å²) in [7, 11) is -3.47. The Kier molecular flexibility index (Phi) is 6.59. The lowest BCUT2D eigenvalue weighted by Gasteiger charge is -2.22. The molecule has 2 aromatic rings. The maximum atomic E-state index is 12.5. The molecule has 0 radical (unpaired) electrons. The first-order valence-corrected chi connectivity index (χ1v) is 11.6. The average Bonchev–Trinajstić information content (AvgIpc) is 3.03. The molecule has 1 aliphatic rings. The van der Waals surface area contributed by atoms with Gasteiger partial charge in [-0.15, -0.1) is 13.2 Å². The highest BCUT2D eigenvalue weighted by Gasteiger charge is 2.33. The number of hydrogen-bond acceptors (Lipinski definition) is 6. The number of carbonyl (C=O) groups is 2. The molecule has 0 aliphatic carbocycles. The smallest absolute Gasteiger partial charge is 0.449 e. The first-order chi connectivity index (χ1) is 15.2. The third-order valence-electron chi connectivity index (χ3n) is 4.83. The van der Waals surface area contributed by atoms with Gasteiger partial charge >= 0.3 is 12.3 Å². The Hall–Kier alpha value is -3.28. The molecular formula is C21H21F3N2O6S. The van der Waals surface area contributed by atoms with Gasteiger partial charge in [0.15, 0.2) is 6.10 Å². The quantitative estimate of drug-likeness (QED) is 0.628. The van der Waals surface area contributed by atoms with Crippen LogP contribution in [0.2, 0.25) is 0 Å². The average molecular weight is 486 g/mol. The number of rotatable bonds is 6. The van der Waals surface area contributed by atoms with E-state index in [1.807, 2.05) is 0 Å². The number of anilines is 2. The molecule has 1 amide bonds. The van der Waals surface area contributed by atoms with E-state index in [1.54, 1.807) is 6.92 Å². The number of amides is 1. The molecule has 2 unspecified atom stereocenters. The number of benzene rings is 2. The van der Waals surface area contributed by atoms with Crippen LogP contribution in [0.5, 0.6) is 5.75 Å². The molecule has 1 N–H and O–H groups in total. The lowest BCUT2D eigenvalue weighted by atomic mass is 10.1. The lowest BCUT2D eigenvalue weighted by Crippen LogP contribution is -2.34. The highest BCUT2D eigenvalue weighted by atomic mass is 32.2. The second kappa shape index (κ2) is 8.93. The van der Waals surface area contributed by atoms with Gasteiger partial charge in [-0.1, -0.05) is 0 Å². The highest BCUT2D eigenvalue weighted by molar-refractivity contribution is 7.92. The minimum atomic E-state index is -4.83. The van der Waals surface area contributed by atoms with Crippen molar-refractivity contribution in [3.8, 4) is 5.75 Å². The number of carbonyl (C=O) groups excluding carboxylic acids is 2. The van der Waals surface area contributed by atoms with Gasteiger partial charge < -0.3 is 14.8 Å². The molecule has 0 bridgehead atoms. The highest BCUT2D eigenvalue weighted by Crippen LogP contribution is 2.35. The fourth-order valence-electron chi connectivity index (χ4n) is 3.50. The molecule has 1 heterocycles. The molecular weight excluding hydrogens is 465 g/mol. The maximum Gasteiger partial charge on any atom is 0.573 e. The van der Waals surface area contributed by atoms with Crippen LogP contribution in [0.3, 0.4) is 0 Å². The molecule has 0 spiro atoms. The molecule has 0 fully saturated rings. The molecule has 0 saturated carbocycles. The molecule has 0 aromatic heterocycles. The van der Waals surface area contributed by atoms with Gasteiger partial charge in [0.1, 0.15) is 5.75 Å². The van der Waals surface area contributed by atoms with Crippen molar-refractivity contribution in [2.75, 3.05) is 15.9 Å². The number of esters is 1. The summed E-state index contributed by atoms with van der Waals surface area (Å²) < 4.78 is 70.9. The fraction of sp³-hybridized carbons (Fsp3) is 0.333. The van der Waals surface area contributed by atoms with Crippen molar-refractivity contribution in [1.29, 1.82) is 0 Å². The lowest BCUT2D eigenvalue weighted by molar-refractivity contribution is -0.274. The van der Waals surface area contributed by atoms with E-state index < -0.39 is 40.1 Å². The fourth-order valence-corrected chi connectivity index (χ4v) is 4.76. The van der Waals surface area contributed by atoms with Crippen molar-refractivity contribution in [1.82, 2.24) is 0 Å². The predicted molar refractivity (Wildman–Crippen MR) is 114 cm³/mol. The molecule has 2 atom stereocenters. The van der Waals surface area contributed by atoms with Crippen molar-refractivity contribution in [3.63, 3.8) is 0 Å². The first-order valence-electron chi connectivity index (χ1n) is 9.74. The monoisotopic (exact) mass is 486 g/mol. The number of alkyl halides is 3. The standard InChI is InChI=1S/C21H21F3N2O6S/c1-12-10-15-11-14(4-9-18(15)26(12)33(3,29)30)20(28)31-13(2)19(27)25-16-5-7-17(8-6-16)32-21(22,23)24/h4-9,11-13H,10H2,1-3H3,(H,25,27). The predicted octanol–water partition coefficient (Wildman–Crippen LogP) is 3.48. The summed E-state index contributed by atoms with van der Waals surface area (Å²) in [5.74, 6) is -1.91. The van der Waals surface area contributed by atoms with Gasteiger partial charge in [-0.3, -0.25) is 9.10 Å². The molecule has 2 aromatic carbocycles.